The summed E-state index contributed by atoms with van der Waals surface area (Å²) in [7, 11) is 3.38. The molecule has 21 heavy (non-hydrogen) atoms. The number of hydrogen-bond donors (Lipinski definition) is 0. The molecular formula is C17H27IO3. The molecule has 0 unspecified atom stereocenters. The van der Waals surface area contributed by atoms with Crippen LogP contribution in [0.25, 0.3) is 0 Å². The summed E-state index contributed by atoms with van der Waals surface area (Å²) in [6.45, 7) is 5.93. The molecule has 1 atom stereocenters. The van der Waals surface area contributed by atoms with E-state index in [2.05, 4.69) is 48.6 Å². The zero-order valence-electron chi connectivity index (χ0n) is 13.5. The van der Waals surface area contributed by atoms with E-state index < -0.39 is 0 Å². The lowest BCUT2D eigenvalue weighted by molar-refractivity contribution is 0.170. The topological polar surface area (TPSA) is 27.7 Å². The first kappa shape index (κ1) is 18.6. The van der Waals surface area contributed by atoms with Crippen LogP contribution in [0.1, 0.15) is 25.8 Å². The van der Waals surface area contributed by atoms with Gasteiger partial charge in [0.25, 0.3) is 0 Å². The van der Waals surface area contributed by atoms with Gasteiger partial charge in [0, 0.05) is 24.6 Å². The maximum Gasteiger partial charge on any atom is 0.161 e. The monoisotopic (exact) mass is 406 g/mol. The smallest absolute Gasteiger partial charge is 0.161 e. The van der Waals surface area contributed by atoms with Gasteiger partial charge in [0.1, 0.15) is 0 Å². The van der Waals surface area contributed by atoms with E-state index in [-0.39, 0.29) is 0 Å². The van der Waals surface area contributed by atoms with Crippen LogP contribution in [-0.2, 0) is 11.2 Å². The average molecular weight is 406 g/mol. The highest BCUT2D eigenvalue weighted by atomic mass is 127. The predicted octanol–water partition coefficient (Wildman–Crippen LogP) is 4.36. The minimum atomic E-state index is 0.646. The van der Waals surface area contributed by atoms with Crippen molar-refractivity contribution < 1.29 is 14.2 Å². The molecule has 0 saturated carbocycles. The Labute approximate surface area is 142 Å². The van der Waals surface area contributed by atoms with Crippen molar-refractivity contribution in [1.82, 2.24) is 0 Å². The van der Waals surface area contributed by atoms with Crippen LogP contribution in [0.2, 0.25) is 0 Å². The van der Waals surface area contributed by atoms with E-state index in [1.165, 1.54) is 9.99 Å². The second-order valence-corrected chi connectivity index (χ2v) is 6.42. The van der Waals surface area contributed by atoms with Crippen LogP contribution >= 0.6 is 22.6 Å². The molecule has 120 valence electrons. The minimum absolute atomic E-state index is 0.646. The van der Waals surface area contributed by atoms with E-state index in [1.807, 2.05) is 6.07 Å². The summed E-state index contributed by atoms with van der Waals surface area (Å²) in [4.78, 5) is 0. The molecule has 0 N–H and O–H groups in total. The summed E-state index contributed by atoms with van der Waals surface area (Å²) >= 11 is 2.48. The first-order valence-electron chi connectivity index (χ1n) is 7.47. The van der Waals surface area contributed by atoms with Crippen LogP contribution in [0.4, 0.5) is 0 Å². The van der Waals surface area contributed by atoms with Gasteiger partial charge in [-0.25, -0.2) is 0 Å². The zero-order chi connectivity index (χ0) is 15.7. The molecule has 0 spiro atoms. The van der Waals surface area contributed by atoms with E-state index in [0.717, 1.165) is 24.3 Å². The number of methoxy groups -OCH3 is 2. The Bertz CT molecular complexity index is 407. The van der Waals surface area contributed by atoms with Crippen LogP contribution in [0.5, 0.6) is 11.5 Å². The summed E-state index contributed by atoms with van der Waals surface area (Å²) in [6.07, 6.45) is 1.96. The van der Waals surface area contributed by atoms with Gasteiger partial charge in [-0.15, -0.1) is 0 Å². The highest BCUT2D eigenvalue weighted by Crippen LogP contribution is 2.30. The van der Waals surface area contributed by atoms with Crippen LogP contribution in [0.15, 0.2) is 18.2 Å². The summed E-state index contributed by atoms with van der Waals surface area (Å²) in [5.41, 5.74) is 1.31. The third kappa shape index (κ3) is 6.43. The van der Waals surface area contributed by atoms with Crippen LogP contribution in [0.3, 0.4) is 0 Å². The average Bonchev–Trinajstić information content (AvgIpc) is 2.49. The van der Waals surface area contributed by atoms with Crippen molar-refractivity contribution in [3.8, 4) is 11.5 Å². The van der Waals surface area contributed by atoms with E-state index in [1.54, 1.807) is 14.2 Å². The van der Waals surface area contributed by atoms with Crippen molar-refractivity contribution >= 4 is 22.6 Å². The highest BCUT2D eigenvalue weighted by Gasteiger charge is 2.14. The molecular weight excluding hydrogens is 379 g/mol. The Morgan fingerprint density at radius 1 is 1.10 bits per heavy atom. The van der Waals surface area contributed by atoms with E-state index in [0.29, 0.717) is 25.0 Å². The summed E-state index contributed by atoms with van der Waals surface area (Å²) < 4.78 is 17.4. The molecule has 0 aromatic heterocycles. The SMILES string of the molecule is COCCCOc1cc(C[C@@H](CI)C(C)C)ccc1OC. The van der Waals surface area contributed by atoms with Gasteiger partial charge in [-0.2, -0.15) is 0 Å². The maximum absolute atomic E-state index is 5.84. The number of halogens is 1. The summed E-state index contributed by atoms with van der Waals surface area (Å²) in [6, 6.07) is 6.27. The largest absolute Gasteiger partial charge is 0.493 e. The van der Waals surface area contributed by atoms with Gasteiger partial charge >= 0.3 is 0 Å². The Kier molecular flexibility index (Phi) is 9.08. The number of hydrogen-bond acceptors (Lipinski definition) is 3. The van der Waals surface area contributed by atoms with Gasteiger partial charge in [0.05, 0.1) is 13.7 Å². The molecule has 0 aliphatic carbocycles. The van der Waals surface area contributed by atoms with E-state index in [9.17, 15) is 0 Å². The predicted molar refractivity (Wildman–Crippen MR) is 95.9 cm³/mol. The molecule has 0 radical (unpaired) electrons. The normalized spacial score (nSPS) is 12.5. The van der Waals surface area contributed by atoms with E-state index in [4.69, 9.17) is 14.2 Å². The summed E-state index contributed by atoms with van der Waals surface area (Å²) in [5.74, 6) is 3.02. The second kappa shape index (κ2) is 10.3. The third-order valence-corrected chi connectivity index (χ3v) is 4.75. The van der Waals surface area contributed by atoms with Crippen LogP contribution in [0, 0.1) is 11.8 Å². The van der Waals surface area contributed by atoms with Crippen molar-refractivity contribution in [3.05, 3.63) is 23.8 Å². The number of benzene rings is 1. The lowest BCUT2D eigenvalue weighted by Gasteiger charge is -2.19. The molecule has 3 nitrogen and oxygen atoms in total. The molecule has 0 fully saturated rings. The highest BCUT2D eigenvalue weighted by molar-refractivity contribution is 14.1. The Balaban J connectivity index is 2.74. The Morgan fingerprint density at radius 3 is 2.43 bits per heavy atom. The standard InChI is InChI=1S/C17H27IO3/c1-13(2)15(12-18)10-14-6-7-16(20-4)17(11-14)21-9-5-8-19-3/h6-7,11,13,15H,5,8-10,12H2,1-4H3/t15-/m0/s1. The fraction of sp³-hybridized carbons (Fsp3) is 0.647. The first-order valence-corrected chi connectivity index (χ1v) is 8.99. The molecule has 0 bridgehead atoms. The zero-order valence-corrected chi connectivity index (χ0v) is 15.7. The molecule has 1 aromatic rings. The molecule has 1 rings (SSSR count). The minimum Gasteiger partial charge on any atom is -0.493 e. The maximum atomic E-state index is 5.84. The quantitative estimate of drug-likeness (QED) is 0.328. The van der Waals surface area contributed by atoms with Crippen molar-refractivity contribution in [2.75, 3.05) is 31.9 Å². The van der Waals surface area contributed by atoms with Crippen molar-refractivity contribution in [2.45, 2.75) is 26.7 Å². The Hall–Kier alpha value is -0.490. The summed E-state index contributed by atoms with van der Waals surface area (Å²) in [5, 5.41) is 0. The van der Waals surface area contributed by atoms with Gasteiger partial charge in [0.2, 0.25) is 0 Å². The number of ether oxygens (including phenoxy) is 3. The number of rotatable bonds is 10. The molecule has 1 aromatic carbocycles. The fourth-order valence-electron chi connectivity index (χ4n) is 2.12. The third-order valence-electron chi connectivity index (χ3n) is 3.62. The molecule has 0 aliphatic heterocycles. The molecule has 0 heterocycles. The number of alkyl halides is 1. The van der Waals surface area contributed by atoms with Crippen molar-refractivity contribution in [2.24, 2.45) is 11.8 Å². The fourth-order valence-corrected chi connectivity index (χ4v) is 3.45. The van der Waals surface area contributed by atoms with Crippen LogP contribution < -0.4 is 9.47 Å². The molecule has 0 aliphatic rings. The Morgan fingerprint density at radius 2 is 1.86 bits per heavy atom. The first-order chi connectivity index (χ1) is 10.1. The van der Waals surface area contributed by atoms with Gasteiger partial charge in [-0.1, -0.05) is 42.5 Å². The van der Waals surface area contributed by atoms with Gasteiger partial charge in [-0.3, -0.25) is 0 Å². The van der Waals surface area contributed by atoms with E-state index >= 15 is 0 Å². The van der Waals surface area contributed by atoms with Gasteiger partial charge < -0.3 is 14.2 Å². The lowest BCUT2D eigenvalue weighted by Crippen LogP contribution is -2.13. The molecule has 0 saturated heterocycles. The van der Waals surface area contributed by atoms with Gasteiger partial charge in [-0.05, 0) is 36.0 Å². The van der Waals surface area contributed by atoms with Gasteiger partial charge in [0.15, 0.2) is 11.5 Å². The second-order valence-electron chi connectivity index (χ2n) is 5.54. The van der Waals surface area contributed by atoms with Crippen molar-refractivity contribution in [3.63, 3.8) is 0 Å². The lowest BCUT2D eigenvalue weighted by atomic mass is 9.91. The molecule has 4 heteroatoms. The van der Waals surface area contributed by atoms with Crippen LogP contribution in [-0.4, -0.2) is 31.9 Å². The molecule has 0 amide bonds. The van der Waals surface area contributed by atoms with Crippen molar-refractivity contribution in [1.29, 1.82) is 0 Å².